The molecule has 5 heteroatoms. The minimum atomic E-state index is -0.354. The molecule has 1 heterocycles. The zero-order chi connectivity index (χ0) is 14.1. The molecule has 0 bridgehead atoms. The first-order valence-electron chi connectivity index (χ1n) is 5.90. The molecule has 0 spiro atoms. The molecule has 0 aliphatic rings. The van der Waals surface area contributed by atoms with Gasteiger partial charge in [-0.2, -0.15) is 0 Å². The molecule has 0 fully saturated rings. The van der Waals surface area contributed by atoms with Gasteiger partial charge in [-0.15, -0.1) is 11.3 Å². The second-order valence-corrected chi connectivity index (χ2v) is 5.55. The Morgan fingerprint density at radius 2 is 1.85 bits per heavy atom. The summed E-state index contributed by atoms with van der Waals surface area (Å²) in [5.41, 5.74) is 8.84. The van der Waals surface area contributed by atoms with Gasteiger partial charge in [0.05, 0.1) is 10.7 Å². The average molecular weight is 305 g/mol. The minimum Gasteiger partial charge on any atom is -0.399 e. The van der Waals surface area contributed by atoms with E-state index in [2.05, 4.69) is 4.98 Å². The molecule has 0 saturated heterocycles. The van der Waals surface area contributed by atoms with Gasteiger partial charge in [-0.3, -0.25) is 0 Å². The first-order valence-corrected chi connectivity index (χ1v) is 7.16. The van der Waals surface area contributed by atoms with E-state index in [9.17, 15) is 4.39 Å². The van der Waals surface area contributed by atoms with Crippen molar-refractivity contribution in [3.8, 4) is 21.8 Å². The largest absolute Gasteiger partial charge is 0.399 e. The lowest BCUT2D eigenvalue weighted by atomic mass is 10.1. The van der Waals surface area contributed by atoms with Crippen LogP contribution in [0, 0.1) is 5.82 Å². The second kappa shape index (κ2) is 5.23. The lowest BCUT2D eigenvalue weighted by Crippen LogP contribution is -1.84. The van der Waals surface area contributed by atoms with Crippen molar-refractivity contribution in [2.45, 2.75) is 0 Å². The predicted octanol–water partition coefficient (Wildman–Crippen LogP) is 4.85. The van der Waals surface area contributed by atoms with Gasteiger partial charge in [-0.1, -0.05) is 11.6 Å². The van der Waals surface area contributed by atoms with E-state index >= 15 is 0 Å². The van der Waals surface area contributed by atoms with Gasteiger partial charge in [-0.05, 0) is 42.5 Å². The maximum Gasteiger partial charge on any atom is 0.124 e. The minimum absolute atomic E-state index is 0.354. The van der Waals surface area contributed by atoms with Crippen LogP contribution in [0.5, 0.6) is 0 Å². The lowest BCUT2D eigenvalue weighted by molar-refractivity contribution is 0.628. The van der Waals surface area contributed by atoms with E-state index in [-0.39, 0.29) is 5.82 Å². The monoisotopic (exact) mass is 304 g/mol. The molecule has 0 aliphatic heterocycles. The first-order chi connectivity index (χ1) is 9.63. The van der Waals surface area contributed by atoms with Gasteiger partial charge < -0.3 is 5.73 Å². The molecular weight excluding hydrogens is 295 g/mol. The Balaban J connectivity index is 1.99. The van der Waals surface area contributed by atoms with Crippen LogP contribution in [0.3, 0.4) is 0 Å². The van der Waals surface area contributed by atoms with E-state index in [0.29, 0.717) is 10.7 Å². The number of hydrogen-bond acceptors (Lipinski definition) is 3. The van der Waals surface area contributed by atoms with Crippen LogP contribution in [0.4, 0.5) is 10.1 Å². The van der Waals surface area contributed by atoms with Crippen LogP contribution in [-0.4, -0.2) is 4.98 Å². The van der Waals surface area contributed by atoms with Crippen LogP contribution in [0.2, 0.25) is 5.02 Å². The summed E-state index contributed by atoms with van der Waals surface area (Å²) in [5, 5.41) is 3.14. The maximum absolute atomic E-state index is 13.1. The van der Waals surface area contributed by atoms with Crippen molar-refractivity contribution in [3.63, 3.8) is 0 Å². The number of thiazole rings is 1. The van der Waals surface area contributed by atoms with Crippen molar-refractivity contribution in [1.82, 2.24) is 4.98 Å². The van der Waals surface area contributed by atoms with Crippen molar-refractivity contribution >= 4 is 28.6 Å². The zero-order valence-corrected chi connectivity index (χ0v) is 11.9. The Bertz CT molecular complexity index is 753. The van der Waals surface area contributed by atoms with E-state index in [1.165, 1.54) is 23.5 Å². The van der Waals surface area contributed by atoms with Crippen molar-refractivity contribution in [2.75, 3.05) is 5.73 Å². The topological polar surface area (TPSA) is 38.9 Å². The predicted molar refractivity (Wildman–Crippen MR) is 82.4 cm³/mol. The van der Waals surface area contributed by atoms with Crippen molar-refractivity contribution < 1.29 is 4.39 Å². The van der Waals surface area contributed by atoms with Crippen molar-refractivity contribution in [1.29, 1.82) is 0 Å². The molecule has 2 N–H and O–H groups in total. The van der Waals surface area contributed by atoms with Crippen LogP contribution < -0.4 is 5.73 Å². The fourth-order valence-electron chi connectivity index (χ4n) is 1.85. The van der Waals surface area contributed by atoms with Crippen molar-refractivity contribution in [2.24, 2.45) is 0 Å². The first kappa shape index (κ1) is 13.1. The lowest BCUT2D eigenvalue weighted by Gasteiger charge is -2.00. The molecule has 0 unspecified atom stereocenters. The zero-order valence-electron chi connectivity index (χ0n) is 10.3. The van der Waals surface area contributed by atoms with Gasteiger partial charge in [0, 0.05) is 22.2 Å². The van der Waals surface area contributed by atoms with Gasteiger partial charge in [0.15, 0.2) is 0 Å². The third-order valence-electron chi connectivity index (χ3n) is 2.87. The molecule has 3 aromatic rings. The number of nitrogens with zero attached hydrogens (tertiary/aromatic N) is 1. The number of rotatable bonds is 2. The second-order valence-electron chi connectivity index (χ2n) is 4.28. The number of aromatic nitrogens is 1. The molecule has 3 rings (SSSR count). The van der Waals surface area contributed by atoms with Crippen LogP contribution >= 0.6 is 22.9 Å². The third-order valence-corrected chi connectivity index (χ3v) is 4.07. The Hall–Kier alpha value is -1.91. The fourth-order valence-corrected chi connectivity index (χ4v) is 2.94. The van der Waals surface area contributed by atoms with Crippen LogP contribution in [-0.2, 0) is 0 Å². The normalized spacial score (nSPS) is 10.7. The quantitative estimate of drug-likeness (QED) is 0.687. The maximum atomic E-state index is 13.1. The summed E-state index contributed by atoms with van der Waals surface area (Å²) in [7, 11) is 0. The summed E-state index contributed by atoms with van der Waals surface area (Å²) in [6.07, 6.45) is 0. The van der Waals surface area contributed by atoms with Gasteiger partial charge >= 0.3 is 0 Å². The highest BCUT2D eigenvalue weighted by atomic mass is 35.5. The molecule has 0 atom stereocenters. The average Bonchev–Trinajstić information content (AvgIpc) is 2.89. The summed E-state index contributed by atoms with van der Waals surface area (Å²) in [4.78, 5) is 4.54. The van der Waals surface area contributed by atoms with Crippen LogP contribution in [0.25, 0.3) is 21.8 Å². The number of anilines is 1. The third kappa shape index (κ3) is 2.53. The van der Waals surface area contributed by atoms with Gasteiger partial charge in [0.1, 0.15) is 10.8 Å². The number of halogens is 2. The summed E-state index contributed by atoms with van der Waals surface area (Å²) >= 11 is 7.56. The van der Waals surface area contributed by atoms with E-state index in [0.717, 1.165) is 21.8 Å². The van der Waals surface area contributed by atoms with Crippen molar-refractivity contribution in [3.05, 3.63) is 58.7 Å². The molecule has 2 aromatic carbocycles. The highest BCUT2D eigenvalue weighted by Crippen LogP contribution is 2.33. The Labute approximate surface area is 124 Å². The van der Waals surface area contributed by atoms with Gasteiger partial charge in [-0.25, -0.2) is 9.37 Å². The molecule has 100 valence electrons. The summed E-state index contributed by atoms with van der Waals surface area (Å²) < 4.78 is 13.1. The Morgan fingerprint density at radius 1 is 1.10 bits per heavy atom. The highest BCUT2D eigenvalue weighted by molar-refractivity contribution is 7.13. The smallest absolute Gasteiger partial charge is 0.124 e. The van der Waals surface area contributed by atoms with E-state index in [1.54, 1.807) is 6.07 Å². The Morgan fingerprint density at radius 3 is 2.55 bits per heavy atom. The molecule has 0 saturated carbocycles. The molecular formula is C15H10ClFN2S. The van der Waals surface area contributed by atoms with E-state index < -0.39 is 0 Å². The number of nitrogen functional groups attached to an aromatic ring is 1. The molecule has 0 aliphatic carbocycles. The van der Waals surface area contributed by atoms with Gasteiger partial charge in [0.25, 0.3) is 0 Å². The Kier molecular flexibility index (Phi) is 3.42. The SMILES string of the molecule is Nc1ccc(-c2nc(-c3ccc(F)cc3Cl)cs2)cc1. The number of benzene rings is 2. The molecule has 0 radical (unpaired) electrons. The van der Waals surface area contributed by atoms with E-state index in [4.69, 9.17) is 17.3 Å². The van der Waals surface area contributed by atoms with Crippen LogP contribution in [0.15, 0.2) is 47.8 Å². The summed E-state index contributed by atoms with van der Waals surface area (Å²) in [5.74, 6) is -0.354. The molecule has 0 amide bonds. The molecule has 2 nitrogen and oxygen atoms in total. The molecule has 1 aromatic heterocycles. The number of hydrogen-bond donors (Lipinski definition) is 1. The molecule has 20 heavy (non-hydrogen) atoms. The highest BCUT2D eigenvalue weighted by Gasteiger charge is 2.10. The standard InChI is InChI=1S/C15H10ClFN2S/c16-13-7-10(17)3-6-12(13)14-8-20-15(19-14)9-1-4-11(18)5-2-9/h1-8H,18H2. The van der Waals surface area contributed by atoms with E-state index in [1.807, 2.05) is 29.6 Å². The van der Waals surface area contributed by atoms with Gasteiger partial charge in [0.2, 0.25) is 0 Å². The number of nitrogens with two attached hydrogens (primary N) is 1. The summed E-state index contributed by atoms with van der Waals surface area (Å²) in [6, 6.07) is 11.8. The van der Waals surface area contributed by atoms with Crippen LogP contribution in [0.1, 0.15) is 0 Å². The fraction of sp³-hybridized carbons (Fsp3) is 0. The summed E-state index contributed by atoms with van der Waals surface area (Å²) in [6.45, 7) is 0.